The van der Waals surface area contributed by atoms with Gasteiger partial charge in [-0.15, -0.1) is 11.6 Å². The number of hydrogen-bond donors (Lipinski definition) is 0. The highest BCUT2D eigenvalue weighted by Gasteiger charge is 2.67. The molecule has 0 bridgehead atoms. The van der Waals surface area contributed by atoms with Crippen LogP contribution in [0.1, 0.15) is 12.8 Å². The summed E-state index contributed by atoms with van der Waals surface area (Å²) in [4.78, 5) is 0. The third-order valence-corrected chi connectivity index (χ3v) is 3.78. The minimum Gasteiger partial charge on any atom is -0.347 e. The van der Waals surface area contributed by atoms with Gasteiger partial charge in [0.25, 0.3) is 0 Å². The molecule has 1 saturated heterocycles. The molecule has 0 N–H and O–H groups in total. The Kier molecular flexibility index (Phi) is 1.17. The van der Waals surface area contributed by atoms with Gasteiger partial charge in [-0.3, -0.25) is 0 Å². The molecule has 62 valence electrons. The monoisotopic (exact) mass is 174 g/mol. The van der Waals surface area contributed by atoms with E-state index in [9.17, 15) is 0 Å². The van der Waals surface area contributed by atoms with Gasteiger partial charge in [0.05, 0.1) is 13.2 Å². The highest BCUT2D eigenvalue weighted by molar-refractivity contribution is 6.23. The van der Waals surface area contributed by atoms with Crippen molar-refractivity contribution in [2.24, 2.45) is 11.8 Å². The predicted octanol–water partition coefficient (Wildman–Crippen LogP) is 1.38. The Morgan fingerprint density at radius 2 is 2.00 bits per heavy atom. The van der Waals surface area contributed by atoms with Crippen LogP contribution in [0.5, 0.6) is 0 Å². The van der Waals surface area contributed by atoms with Crippen molar-refractivity contribution < 1.29 is 9.47 Å². The van der Waals surface area contributed by atoms with Gasteiger partial charge in [-0.25, -0.2) is 0 Å². The van der Waals surface area contributed by atoms with Gasteiger partial charge in [0.2, 0.25) is 0 Å². The number of hydrogen-bond acceptors (Lipinski definition) is 2. The van der Waals surface area contributed by atoms with Crippen LogP contribution < -0.4 is 0 Å². The molecule has 2 nitrogen and oxygen atoms in total. The summed E-state index contributed by atoms with van der Waals surface area (Å²) in [5, 5.41) is 0.335. The second kappa shape index (κ2) is 1.93. The van der Waals surface area contributed by atoms with E-state index in [0.717, 1.165) is 19.6 Å². The highest BCUT2D eigenvalue weighted by Crippen LogP contribution is 2.62. The fourth-order valence-corrected chi connectivity index (χ4v) is 3.16. The lowest BCUT2D eigenvalue weighted by Crippen LogP contribution is -2.31. The molecule has 3 heteroatoms. The molecular weight excluding hydrogens is 164 g/mol. The van der Waals surface area contributed by atoms with Gasteiger partial charge in [0, 0.05) is 17.7 Å². The normalized spacial score (nSPS) is 51.5. The van der Waals surface area contributed by atoms with Gasteiger partial charge in [-0.2, -0.15) is 0 Å². The molecule has 0 aromatic heterocycles. The summed E-state index contributed by atoms with van der Waals surface area (Å²) in [5.74, 6) is 0.957. The lowest BCUT2D eigenvalue weighted by atomic mass is 10.1. The fourth-order valence-electron chi connectivity index (χ4n) is 2.58. The van der Waals surface area contributed by atoms with Crippen molar-refractivity contribution in [2.45, 2.75) is 24.0 Å². The summed E-state index contributed by atoms with van der Waals surface area (Å²) < 4.78 is 11.2. The summed E-state index contributed by atoms with van der Waals surface area (Å²) >= 11 is 6.06. The molecule has 2 aliphatic carbocycles. The zero-order chi connectivity index (χ0) is 7.47. The highest BCUT2D eigenvalue weighted by atomic mass is 35.5. The van der Waals surface area contributed by atoms with Crippen LogP contribution in [0.2, 0.25) is 0 Å². The van der Waals surface area contributed by atoms with Crippen molar-refractivity contribution in [1.82, 2.24) is 0 Å². The van der Waals surface area contributed by atoms with E-state index in [2.05, 4.69) is 0 Å². The number of fused-ring (bicyclic) bond motifs is 2. The average Bonchev–Trinajstić information content (AvgIpc) is 2.52. The molecule has 3 atom stereocenters. The first-order chi connectivity index (χ1) is 5.33. The molecule has 1 heterocycles. The summed E-state index contributed by atoms with van der Waals surface area (Å²) in [6, 6.07) is 0. The Bertz CT molecular complexity index is 183. The summed E-state index contributed by atoms with van der Waals surface area (Å²) in [6.07, 6.45) is 2.25. The number of rotatable bonds is 0. The van der Waals surface area contributed by atoms with E-state index in [1.807, 2.05) is 0 Å². The Hall–Kier alpha value is 0.210. The largest absolute Gasteiger partial charge is 0.347 e. The summed E-state index contributed by atoms with van der Waals surface area (Å²) in [6.45, 7) is 1.51. The number of alkyl halides is 1. The van der Waals surface area contributed by atoms with Crippen molar-refractivity contribution in [3.63, 3.8) is 0 Å². The molecule has 1 aliphatic heterocycles. The maximum Gasteiger partial charge on any atom is 0.173 e. The minimum atomic E-state index is -0.239. The van der Waals surface area contributed by atoms with Gasteiger partial charge < -0.3 is 9.47 Å². The maximum absolute atomic E-state index is 6.06. The average molecular weight is 175 g/mol. The third kappa shape index (κ3) is 0.707. The maximum atomic E-state index is 6.06. The van der Waals surface area contributed by atoms with E-state index in [-0.39, 0.29) is 5.79 Å². The molecule has 3 aliphatic rings. The molecule has 11 heavy (non-hydrogen) atoms. The molecular formula is C8H11ClO2. The van der Waals surface area contributed by atoms with E-state index in [4.69, 9.17) is 21.1 Å². The lowest BCUT2D eigenvalue weighted by Gasteiger charge is -2.23. The summed E-state index contributed by atoms with van der Waals surface area (Å²) in [5.41, 5.74) is 0. The number of halogens is 1. The van der Waals surface area contributed by atoms with Crippen LogP contribution in [0.3, 0.4) is 0 Å². The molecule has 0 aromatic carbocycles. The van der Waals surface area contributed by atoms with Crippen LogP contribution in [0, 0.1) is 11.8 Å². The first-order valence-electron chi connectivity index (χ1n) is 4.25. The SMILES string of the molecule is Cl[C@@H]1[C@@H]2CCC3(OCCO3)[C@H]12. The molecule has 0 unspecified atom stereocenters. The molecule has 0 radical (unpaired) electrons. The van der Waals surface area contributed by atoms with Crippen molar-refractivity contribution in [3.8, 4) is 0 Å². The van der Waals surface area contributed by atoms with Crippen molar-refractivity contribution in [1.29, 1.82) is 0 Å². The Labute approximate surface area is 70.8 Å². The summed E-state index contributed by atoms with van der Waals surface area (Å²) in [7, 11) is 0. The van der Waals surface area contributed by atoms with Crippen LogP contribution in [-0.2, 0) is 9.47 Å². The Morgan fingerprint density at radius 1 is 1.27 bits per heavy atom. The smallest absolute Gasteiger partial charge is 0.173 e. The molecule has 2 saturated carbocycles. The van der Waals surface area contributed by atoms with Gasteiger partial charge in [-0.05, 0) is 12.3 Å². The van der Waals surface area contributed by atoms with E-state index in [1.54, 1.807) is 0 Å². The second-order valence-corrected chi connectivity index (χ2v) is 4.19. The van der Waals surface area contributed by atoms with Crippen LogP contribution in [0.15, 0.2) is 0 Å². The molecule has 0 amide bonds. The van der Waals surface area contributed by atoms with E-state index >= 15 is 0 Å². The van der Waals surface area contributed by atoms with Crippen LogP contribution in [0.4, 0.5) is 0 Å². The van der Waals surface area contributed by atoms with Crippen LogP contribution in [-0.4, -0.2) is 24.4 Å². The van der Waals surface area contributed by atoms with Crippen LogP contribution in [0.25, 0.3) is 0 Å². The quantitative estimate of drug-likeness (QED) is 0.517. The molecule has 3 rings (SSSR count). The van der Waals surface area contributed by atoms with E-state index < -0.39 is 0 Å². The van der Waals surface area contributed by atoms with Crippen LogP contribution >= 0.6 is 11.6 Å². The molecule has 1 spiro atoms. The Morgan fingerprint density at radius 3 is 2.55 bits per heavy atom. The number of ether oxygens (including phenoxy) is 2. The lowest BCUT2D eigenvalue weighted by molar-refractivity contribution is -0.166. The van der Waals surface area contributed by atoms with Gasteiger partial charge in [-0.1, -0.05) is 0 Å². The second-order valence-electron chi connectivity index (χ2n) is 3.68. The molecule has 0 aromatic rings. The van der Waals surface area contributed by atoms with Crippen molar-refractivity contribution in [2.75, 3.05) is 13.2 Å². The zero-order valence-electron chi connectivity index (χ0n) is 6.25. The predicted molar refractivity (Wildman–Crippen MR) is 40.5 cm³/mol. The topological polar surface area (TPSA) is 18.5 Å². The first kappa shape index (κ1) is 6.70. The van der Waals surface area contributed by atoms with Gasteiger partial charge >= 0.3 is 0 Å². The van der Waals surface area contributed by atoms with E-state index in [1.165, 1.54) is 6.42 Å². The standard InChI is InChI=1S/C8H11ClO2/c9-7-5-1-2-8(6(5)7)10-3-4-11-8/h5-7H,1-4H2/t5-,6+,7-/m1/s1. The Balaban J connectivity index is 1.87. The van der Waals surface area contributed by atoms with Crippen molar-refractivity contribution >= 4 is 11.6 Å². The zero-order valence-corrected chi connectivity index (χ0v) is 7.01. The van der Waals surface area contributed by atoms with Gasteiger partial charge in [0.15, 0.2) is 5.79 Å². The first-order valence-corrected chi connectivity index (χ1v) is 4.69. The molecule has 3 fully saturated rings. The fraction of sp³-hybridized carbons (Fsp3) is 1.00. The van der Waals surface area contributed by atoms with Gasteiger partial charge in [0.1, 0.15) is 0 Å². The third-order valence-electron chi connectivity index (χ3n) is 3.18. The minimum absolute atomic E-state index is 0.239. The van der Waals surface area contributed by atoms with Crippen molar-refractivity contribution in [3.05, 3.63) is 0 Å². The van der Waals surface area contributed by atoms with E-state index in [0.29, 0.717) is 17.2 Å².